The molecule has 0 aliphatic carbocycles. The third-order valence-electron chi connectivity index (χ3n) is 3.68. The lowest BCUT2D eigenvalue weighted by Gasteiger charge is -2.33. The maximum atomic E-state index is 12.5. The van der Waals surface area contributed by atoms with Crippen molar-refractivity contribution < 1.29 is 8.42 Å². The van der Waals surface area contributed by atoms with Gasteiger partial charge in [-0.05, 0) is 44.4 Å². The second-order valence-corrected chi connectivity index (χ2v) is 7.57. The molecule has 1 aromatic carbocycles. The number of hydrogen-bond acceptors (Lipinski definition) is 2. The maximum Gasteiger partial charge on any atom is 0.243 e. The van der Waals surface area contributed by atoms with Crippen molar-refractivity contribution in [3.05, 3.63) is 29.8 Å². The minimum atomic E-state index is -3.44. The van der Waals surface area contributed by atoms with E-state index < -0.39 is 15.6 Å². The lowest BCUT2D eigenvalue weighted by atomic mass is 10.0. The smallest absolute Gasteiger partial charge is 0.207 e. The highest BCUT2D eigenvalue weighted by Crippen LogP contribution is 2.25. The monoisotopic (exact) mass is 303 g/mol. The van der Waals surface area contributed by atoms with Gasteiger partial charge < -0.3 is 0 Å². The van der Waals surface area contributed by atoms with Crippen molar-refractivity contribution in [2.24, 2.45) is 0 Å². The Hall–Kier alpha value is -0.580. The van der Waals surface area contributed by atoms with Gasteiger partial charge in [-0.15, -0.1) is 11.6 Å². The summed E-state index contributed by atoms with van der Waals surface area (Å²) in [6.45, 7) is 5.83. The highest BCUT2D eigenvalue weighted by atomic mass is 35.5. The van der Waals surface area contributed by atoms with Crippen LogP contribution < -0.4 is 0 Å². The third-order valence-corrected chi connectivity index (χ3v) is 5.95. The van der Waals surface area contributed by atoms with Crippen LogP contribution in [0.25, 0.3) is 0 Å². The van der Waals surface area contributed by atoms with Crippen LogP contribution in [-0.2, 0) is 16.4 Å². The summed E-state index contributed by atoms with van der Waals surface area (Å²) in [5.74, 6) is 0.537. The summed E-state index contributed by atoms with van der Waals surface area (Å²) < 4.78 is 26.5. The van der Waals surface area contributed by atoms with Gasteiger partial charge in [0.05, 0.1) is 4.90 Å². The zero-order valence-electron chi connectivity index (χ0n) is 12.0. The molecule has 0 radical (unpaired) electrons. The van der Waals surface area contributed by atoms with E-state index in [9.17, 15) is 8.42 Å². The summed E-state index contributed by atoms with van der Waals surface area (Å²) in [7, 11) is -1.81. The van der Waals surface area contributed by atoms with Crippen LogP contribution in [0.2, 0.25) is 0 Å². The van der Waals surface area contributed by atoms with Crippen LogP contribution in [0.5, 0.6) is 0 Å². The first-order valence-electron chi connectivity index (χ1n) is 6.39. The first kappa shape index (κ1) is 16.5. The second kappa shape index (κ2) is 6.25. The molecule has 108 valence electrons. The average Bonchev–Trinajstić information content (AvgIpc) is 2.39. The molecule has 0 atom stereocenters. The van der Waals surface area contributed by atoms with Crippen molar-refractivity contribution in [1.29, 1.82) is 0 Å². The van der Waals surface area contributed by atoms with Gasteiger partial charge >= 0.3 is 0 Å². The molecular formula is C14H22ClNO2S. The van der Waals surface area contributed by atoms with Gasteiger partial charge in [-0.3, -0.25) is 0 Å². The van der Waals surface area contributed by atoms with E-state index in [1.54, 1.807) is 19.2 Å². The summed E-state index contributed by atoms with van der Waals surface area (Å²) in [5, 5.41) is 0. The van der Waals surface area contributed by atoms with Gasteiger partial charge in [0.2, 0.25) is 10.0 Å². The third kappa shape index (κ3) is 3.71. The number of hydrogen-bond donors (Lipinski definition) is 0. The Morgan fingerprint density at radius 3 is 2.16 bits per heavy atom. The molecule has 0 spiro atoms. The van der Waals surface area contributed by atoms with E-state index in [-0.39, 0.29) is 0 Å². The van der Waals surface area contributed by atoms with Crippen LogP contribution >= 0.6 is 11.6 Å². The van der Waals surface area contributed by atoms with E-state index in [0.29, 0.717) is 10.8 Å². The Labute approximate surface area is 121 Å². The zero-order valence-corrected chi connectivity index (χ0v) is 13.6. The normalized spacial score (nSPS) is 12.9. The highest BCUT2D eigenvalue weighted by Gasteiger charge is 2.32. The van der Waals surface area contributed by atoms with Gasteiger partial charge in [-0.2, -0.15) is 4.31 Å². The molecule has 0 unspecified atom stereocenters. The van der Waals surface area contributed by atoms with Gasteiger partial charge in [0, 0.05) is 18.5 Å². The van der Waals surface area contributed by atoms with Crippen molar-refractivity contribution >= 4 is 21.6 Å². The van der Waals surface area contributed by atoms with E-state index in [1.807, 2.05) is 32.9 Å². The van der Waals surface area contributed by atoms with Crippen LogP contribution in [0.1, 0.15) is 32.8 Å². The average molecular weight is 304 g/mol. The number of aryl methyl sites for hydroxylation is 1. The van der Waals surface area contributed by atoms with Crippen LogP contribution in [0.15, 0.2) is 29.2 Å². The number of halogens is 1. The van der Waals surface area contributed by atoms with Gasteiger partial charge in [0.25, 0.3) is 0 Å². The highest BCUT2D eigenvalue weighted by molar-refractivity contribution is 7.89. The fourth-order valence-electron chi connectivity index (χ4n) is 1.64. The molecule has 0 heterocycles. The fourth-order valence-corrected chi connectivity index (χ4v) is 3.44. The minimum absolute atomic E-state index is 0.329. The predicted molar refractivity (Wildman–Crippen MR) is 80.2 cm³/mol. The lowest BCUT2D eigenvalue weighted by molar-refractivity contribution is 0.257. The Bertz CT molecular complexity index is 509. The number of nitrogens with zero attached hydrogens (tertiary/aromatic N) is 1. The molecule has 1 rings (SSSR count). The quantitative estimate of drug-likeness (QED) is 0.756. The van der Waals surface area contributed by atoms with Gasteiger partial charge in [0.1, 0.15) is 0 Å². The molecule has 5 heteroatoms. The lowest BCUT2D eigenvalue weighted by Crippen LogP contribution is -2.44. The molecule has 0 saturated heterocycles. The van der Waals surface area contributed by atoms with Gasteiger partial charge in [0.15, 0.2) is 0 Å². The van der Waals surface area contributed by atoms with Crippen molar-refractivity contribution in [3.8, 4) is 0 Å². The van der Waals surface area contributed by atoms with Gasteiger partial charge in [-0.1, -0.05) is 19.1 Å². The Morgan fingerprint density at radius 2 is 1.74 bits per heavy atom. The molecule has 0 aromatic heterocycles. The number of alkyl halides is 1. The number of rotatable bonds is 6. The van der Waals surface area contributed by atoms with Crippen LogP contribution in [0.4, 0.5) is 0 Å². The van der Waals surface area contributed by atoms with E-state index in [1.165, 1.54) is 4.31 Å². The second-order valence-electron chi connectivity index (χ2n) is 5.22. The summed E-state index contributed by atoms with van der Waals surface area (Å²) in [6.07, 6.45) is 1.51. The Kier molecular flexibility index (Phi) is 5.42. The molecule has 19 heavy (non-hydrogen) atoms. The zero-order chi connectivity index (χ0) is 14.7. The molecule has 0 N–H and O–H groups in total. The number of benzene rings is 1. The Balaban J connectivity index is 3.07. The predicted octanol–water partition coefficient (Wildman–Crippen LogP) is 3.28. The van der Waals surface area contributed by atoms with E-state index in [4.69, 9.17) is 11.6 Å². The summed E-state index contributed by atoms with van der Waals surface area (Å²) >= 11 is 5.67. The largest absolute Gasteiger partial charge is 0.243 e. The molecule has 0 aliphatic heterocycles. The SMILES string of the molecule is CCC(C)(C)N(C)S(=O)(=O)c1ccc(CCCl)cc1. The van der Waals surface area contributed by atoms with Gasteiger partial charge in [-0.25, -0.2) is 8.42 Å². The van der Waals surface area contributed by atoms with Crippen LogP contribution in [-0.4, -0.2) is 31.2 Å². The van der Waals surface area contributed by atoms with Crippen molar-refractivity contribution in [3.63, 3.8) is 0 Å². The maximum absolute atomic E-state index is 12.5. The standard InChI is InChI=1S/C14H22ClNO2S/c1-5-14(2,3)16(4)19(17,18)13-8-6-12(7-9-13)10-11-15/h6-9H,5,10-11H2,1-4H3. The van der Waals surface area contributed by atoms with Crippen LogP contribution in [0.3, 0.4) is 0 Å². The topological polar surface area (TPSA) is 37.4 Å². The fraction of sp³-hybridized carbons (Fsp3) is 0.571. The molecule has 0 fully saturated rings. The summed E-state index contributed by atoms with van der Waals surface area (Å²) in [5.41, 5.74) is 0.652. The molecule has 0 aliphatic rings. The van der Waals surface area contributed by atoms with Crippen LogP contribution in [0, 0.1) is 0 Å². The summed E-state index contributed by atoms with van der Waals surface area (Å²) in [4.78, 5) is 0.329. The minimum Gasteiger partial charge on any atom is -0.207 e. The first-order valence-corrected chi connectivity index (χ1v) is 8.37. The molecule has 0 amide bonds. The molecule has 0 saturated carbocycles. The van der Waals surface area contributed by atoms with E-state index in [2.05, 4.69) is 0 Å². The first-order chi connectivity index (χ1) is 8.75. The molecule has 0 bridgehead atoms. The van der Waals surface area contributed by atoms with Crippen molar-refractivity contribution in [2.45, 2.75) is 44.0 Å². The number of sulfonamides is 1. The molecule has 3 nitrogen and oxygen atoms in total. The van der Waals surface area contributed by atoms with E-state index in [0.717, 1.165) is 18.4 Å². The molecular weight excluding hydrogens is 282 g/mol. The van der Waals surface area contributed by atoms with E-state index >= 15 is 0 Å². The Morgan fingerprint density at radius 1 is 1.21 bits per heavy atom. The van der Waals surface area contributed by atoms with Crippen molar-refractivity contribution in [1.82, 2.24) is 4.31 Å². The molecule has 1 aromatic rings. The summed E-state index contributed by atoms with van der Waals surface area (Å²) in [6, 6.07) is 6.95. The van der Waals surface area contributed by atoms with Crippen molar-refractivity contribution in [2.75, 3.05) is 12.9 Å².